The molecule has 0 spiro atoms. The van der Waals surface area contributed by atoms with Crippen LogP contribution >= 0.6 is 11.8 Å². The molecule has 0 radical (unpaired) electrons. The highest BCUT2D eigenvalue weighted by Crippen LogP contribution is 2.16. The lowest BCUT2D eigenvalue weighted by atomic mass is 10.2. The van der Waals surface area contributed by atoms with Gasteiger partial charge in [0.05, 0.1) is 7.11 Å². The fourth-order valence-corrected chi connectivity index (χ4v) is 2.48. The quantitative estimate of drug-likeness (QED) is 0.718. The third-order valence-corrected chi connectivity index (χ3v) is 3.56. The van der Waals surface area contributed by atoms with Crippen LogP contribution in [0.4, 0.5) is 0 Å². The van der Waals surface area contributed by atoms with Crippen LogP contribution in [-0.4, -0.2) is 44.4 Å². The number of hydrogen-bond donors (Lipinski definition) is 1. The molecule has 0 saturated carbocycles. The Morgan fingerprint density at radius 3 is 2.53 bits per heavy atom. The molecule has 0 aliphatic carbocycles. The van der Waals surface area contributed by atoms with Crippen molar-refractivity contribution in [3.63, 3.8) is 0 Å². The molecule has 4 heteroatoms. The second-order valence-corrected chi connectivity index (χ2v) is 5.10. The Morgan fingerprint density at radius 2 is 1.94 bits per heavy atom. The normalized spacial score (nSPS) is 10.8. The summed E-state index contributed by atoms with van der Waals surface area (Å²) in [7, 11) is 3.80. The van der Waals surface area contributed by atoms with Gasteiger partial charge in [0.2, 0.25) is 0 Å². The summed E-state index contributed by atoms with van der Waals surface area (Å²) >= 11 is 1.95. The third-order valence-electron chi connectivity index (χ3n) is 2.56. The van der Waals surface area contributed by atoms with E-state index in [2.05, 4.69) is 24.1 Å². The molecule has 3 nitrogen and oxygen atoms in total. The number of methoxy groups -OCH3 is 1. The SMILES string of the molecule is COc1ccc(CSCCN(C)CCN)cc1. The highest BCUT2D eigenvalue weighted by molar-refractivity contribution is 7.98. The lowest BCUT2D eigenvalue weighted by Gasteiger charge is -2.14. The molecule has 17 heavy (non-hydrogen) atoms. The van der Waals surface area contributed by atoms with Gasteiger partial charge in [-0.25, -0.2) is 0 Å². The van der Waals surface area contributed by atoms with E-state index >= 15 is 0 Å². The van der Waals surface area contributed by atoms with Crippen LogP contribution in [-0.2, 0) is 5.75 Å². The van der Waals surface area contributed by atoms with Crippen LogP contribution < -0.4 is 10.5 Å². The van der Waals surface area contributed by atoms with Gasteiger partial charge < -0.3 is 15.4 Å². The van der Waals surface area contributed by atoms with Crippen molar-refractivity contribution in [2.45, 2.75) is 5.75 Å². The van der Waals surface area contributed by atoms with Gasteiger partial charge in [0, 0.05) is 31.1 Å². The van der Waals surface area contributed by atoms with E-state index in [9.17, 15) is 0 Å². The molecular weight excluding hydrogens is 232 g/mol. The largest absolute Gasteiger partial charge is 0.497 e. The highest BCUT2D eigenvalue weighted by atomic mass is 32.2. The van der Waals surface area contributed by atoms with E-state index in [1.165, 1.54) is 5.56 Å². The Hall–Kier alpha value is -0.710. The average Bonchev–Trinajstić information content (AvgIpc) is 2.36. The topological polar surface area (TPSA) is 38.5 Å². The van der Waals surface area contributed by atoms with Crippen LogP contribution in [0.2, 0.25) is 0 Å². The fraction of sp³-hybridized carbons (Fsp3) is 0.538. The molecule has 0 aromatic heterocycles. The Kier molecular flexibility index (Phi) is 7.08. The van der Waals surface area contributed by atoms with Crippen molar-refractivity contribution in [3.05, 3.63) is 29.8 Å². The van der Waals surface area contributed by atoms with Crippen LogP contribution in [0.25, 0.3) is 0 Å². The molecule has 96 valence electrons. The first-order valence-electron chi connectivity index (χ1n) is 5.85. The summed E-state index contributed by atoms with van der Waals surface area (Å²) < 4.78 is 5.13. The number of ether oxygens (including phenoxy) is 1. The summed E-state index contributed by atoms with van der Waals surface area (Å²) in [6.07, 6.45) is 0. The van der Waals surface area contributed by atoms with E-state index in [1.54, 1.807) is 7.11 Å². The second kappa shape index (κ2) is 8.39. The van der Waals surface area contributed by atoms with E-state index in [0.29, 0.717) is 0 Å². The van der Waals surface area contributed by atoms with Crippen LogP contribution in [0, 0.1) is 0 Å². The summed E-state index contributed by atoms with van der Waals surface area (Å²) in [5.41, 5.74) is 6.84. The fourth-order valence-electron chi connectivity index (χ4n) is 1.46. The zero-order valence-electron chi connectivity index (χ0n) is 10.7. The summed E-state index contributed by atoms with van der Waals surface area (Å²) in [6.45, 7) is 2.81. The lowest BCUT2D eigenvalue weighted by molar-refractivity contribution is 0.366. The Labute approximate surface area is 108 Å². The molecule has 1 rings (SSSR count). The smallest absolute Gasteiger partial charge is 0.118 e. The number of nitrogens with zero attached hydrogens (tertiary/aromatic N) is 1. The van der Waals surface area contributed by atoms with Crippen LogP contribution in [0.15, 0.2) is 24.3 Å². The van der Waals surface area contributed by atoms with Crippen molar-refractivity contribution in [3.8, 4) is 5.75 Å². The van der Waals surface area contributed by atoms with Crippen molar-refractivity contribution < 1.29 is 4.74 Å². The Balaban J connectivity index is 2.17. The zero-order chi connectivity index (χ0) is 12.5. The Bertz CT molecular complexity index is 303. The molecule has 0 aliphatic rings. The van der Waals surface area contributed by atoms with E-state index in [0.717, 1.165) is 36.9 Å². The van der Waals surface area contributed by atoms with E-state index in [1.807, 2.05) is 23.9 Å². The molecule has 1 aromatic rings. The maximum atomic E-state index is 5.49. The minimum absolute atomic E-state index is 0.736. The van der Waals surface area contributed by atoms with Gasteiger partial charge in [-0.05, 0) is 24.7 Å². The molecule has 0 saturated heterocycles. The standard InChI is InChI=1S/C13H22N2OS/c1-15(8-7-14)9-10-17-11-12-3-5-13(16-2)6-4-12/h3-6H,7-11,14H2,1-2H3. The first-order chi connectivity index (χ1) is 8.26. The molecule has 0 heterocycles. The van der Waals surface area contributed by atoms with Crippen LogP contribution in [0.1, 0.15) is 5.56 Å². The number of rotatable bonds is 8. The van der Waals surface area contributed by atoms with Gasteiger partial charge in [-0.3, -0.25) is 0 Å². The minimum atomic E-state index is 0.736. The maximum Gasteiger partial charge on any atom is 0.118 e. The molecule has 1 aromatic carbocycles. The molecule has 0 fully saturated rings. The molecule has 0 amide bonds. The van der Waals surface area contributed by atoms with Crippen molar-refractivity contribution in [2.75, 3.05) is 39.5 Å². The summed E-state index contributed by atoms with van der Waals surface area (Å²) in [5, 5.41) is 0. The number of benzene rings is 1. The lowest BCUT2D eigenvalue weighted by Crippen LogP contribution is -2.27. The van der Waals surface area contributed by atoms with Crippen molar-refractivity contribution in [1.29, 1.82) is 0 Å². The van der Waals surface area contributed by atoms with E-state index < -0.39 is 0 Å². The molecule has 0 atom stereocenters. The summed E-state index contributed by atoms with van der Waals surface area (Å²) in [4.78, 5) is 2.26. The van der Waals surface area contributed by atoms with E-state index in [4.69, 9.17) is 10.5 Å². The summed E-state index contributed by atoms with van der Waals surface area (Å²) in [5.74, 6) is 3.12. The minimum Gasteiger partial charge on any atom is -0.497 e. The van der Waals surface area contributed by atoms with Gasteiger partial charge in [0.25, 0.3) is 0 Å². The van der Waals surface area contributed by atoms with Crippen LogP contribution in [0.5, 0.6) is 5.75 Å². The van der Waals surface area contributed by atoms with Gasteiger partial charge in [-0.15, -0.1) is 0 Å². The number of thioether (sulfide) groups is 1. The highest BCUT2D eigenvalue weighted by Gasteiger charge is 1.98. The predicted octanol–water partition coefficient (Wildman–Crippen LogP) is 1.82. The Morgan fingerprint density at radius 1 is 1.24 bits per heavy atom. The van der Waals surface area contributed by atoms with E-state index in [-0.39, 0.29) is 0 Å². The molecule has 0 bridgehead atoms. The second-order valence-electron chi connectivity index (χ2n) is 3.99. The van der Waals surface area contributed by atoms with Gasteiger partial charge in [0.15, 0.2) is 0 Å². The molecular formula is C13H22N2OS. The molecule has 0 unspecified atom stereocenters. The predicted molar refractivity (Wildman–Crippen MR) is 75.7 cm³/mol. The van der Waals surface area contributed by atoms with Crippen LogP contribution in [0.3, 0.4) is 0 Å². The number of nitrogens with two attached hydrogens (primary N) is 1. The number of hydrogen-bond acceptors (Lipinski definition) is 4. The van der Waals surface area contributed by atoms with Gasteiger partial charge in [0.1, 0.15) is 5.75 Å². The maximum absolute atomic E-state index is 5.49. The monoisotopic (exact) mass is 254 g/mol. The molecule has 0 aliphatic heterocycles. The van der Waals surface area contributed by atoms with Gasteiger partial charge in [-0.2, -0.15) is 11.8 Å². The van der Waals surface area contributed by atoms with Gasteiger partial charge >= 0.3 is 0 Å². The number of likely N-dealkylation sites (N-methyl/N-ethyl adjacent to an activating group) is 1. The third kappa shape index (κ3) is 5.96. The average molecular weight is 254 g/mol. The summed E-state index contributed by atoms with van der Waals surface area (Å²) in [6, 6.07) is 8.26. The zero-order valence-corrected chi connectivity index (χ0v) is 11.5. The van der Waals surface area contributed by atoms with Crippen molar-refractivity contribution in [2.24, 2.45) is 5.73 Å². The first-order valence-corrected chi connectivity index (χ1v) is 7.01. The first kappa shape index (κ1) is 14.4. The molecule has 2 N–H and O–H groups in total. The van der Waals surface area contributed by atoms with Crippen molar-refractivity contribution in [1.82, 2.24) is 4.90 Å². The van der Waals surface area contributed by atoms with Gasteiger partial charge in [-0.1, -0.05) is 12.1 Å². The van der Waals surface area contributed by atoms with Crippen molar-refractivity contribution >= 4 is 11.8 Å².